The molecule has 0 aromatic heterocycles. The fourth-order valence-corrected chi connectivity index (χ4v) is 6.18. The van der Waals surface area contributed by atoms with E-state index in [2.05, 4.69) is 51.4 Å². The maximum absolute atomic E-state index is 10.4. The van der Waals surface area contributed by atoms with Crippen molar-refractivity contribution in [2.24, 2.45) is 17.3 Å². The van der Waals surface area contributed by atoms with Gasteiger partial charge in [-0.1, -0.05) is 57.6 Å². The molecule has 148 valence electrons. The molecule has 2 aliphatic carbocycles. The summed E-state index contributed by atoms with van der Waals surface area (Å²) in [6.07, 6.45) is 10.1. The van der Waals surface area contributed by atoms with Crippen LogP contribution in [-0.4, -0.2) is 25.1 Å². The lowest BCUT2D eigenvalue weighted by molar-refractivity contribution is 0.0203. The van der Waals surface area contributed by atoms with Gasteiger partial charge in [0.2, 0.25) is 0 Å². The molecule has 0 bridgehead atoms. The molecule has 4 unspecified atom stereocenters. The third kappa shape index (κ3) is 4.83. The van der Waals surface area contributed by atoms with Crippen molar-refractivity contribution in [2.75, 3.05) is 0 Å². The first kappa shape index (κ1) is 21.7. The molecule has 0 aromatic carbocycles. The van der Waals surface area contributed by atoms with Crippen molar-refractivity contribution in [3.8, 4) is 11.8 Å². The van der Waals surface area contributed by atoms with Crippen molar-refractivity contribution in [1.29, 1.82) is 0 Å². The lowest BCUT2D eigenvalue weighted by Crippen LogP contribution is -2.45. The molecule has 0 aromatic rings. The van der Waals surface area contributed by atoms with Crippen LogP contribution < -0.4 is 0 Å². The molecule has 3 heteroatoms. The average molecular weight is 377 g/mol. The number of fused-ring (bicyclic) bond motifs is 1. The Balaban J connectivity index is 2.08. The molecule has 2 rings (SSSR count). The van der Waals surface area contributed by atoms with Gasteiger partial charge < -0.3 is 9.53 Å². The number of hydrogen-bond donors (Lipinski definition) is 1. The molecule has 4 atom stereocenters. The first-order valence-electron chi connectivity index (χ1n) is 10.7. The molecule has 2 nitrogen and oxygen atoms in total. The quantitative estimate of drug-likeness (QED) is 0.354. The van der Waals surface area contributed by atoms with E-state index in [0.717, 1.165) is 12.8 Å². The first-order valence-corrected chi connectivity index (χ1v) is 14.1. The van der Waals surface area contributed by atoms with Crippen LogP contribution >= 0.6 is 0 Å². The van der Waals surface area contributed by atoms with Gasteiger partial charge in [0.1, 0.15) is 5.60 Å². The average Bonchev–Trinajstić information content (AvgIpc) is 2.91. The molecular weight excluding hydrogens is 336 g/mol. The van der Waals surface area contributed by atoms with E-state index in [0.29, 0.717) is 30.8 Å². The van der Waals surface area contributed by atoms with Gasteiger partial charge in [0, 0.05) is 12.5 Å². The summed E-state index contributed by atoms with van der Waals surface area (Å²) in [5.74, 6) is 7.53. The van der Waals surface area contributed by atoms with Crippen LogP contribution in [0.25, 0.3) is 0 Å². The minimum Gasteiger partial charge on any atom is -0.414 e. The summed E-state index contributed by atoms with van der Waals surface area (Å²) in [6.45, 7) is 15.7. The summed E-state index contributed by atoms with van der Waals surface area (Å²) in [6, 6.07) is 0. The monoisotopic (exact) mass is 376 g/mol. The zero-order valence-electron chi connectivity index (χ0n) is 18.1. The molecule has 26 heavy (non-hydrogen) atoms. The first-order chi connectivity index (χ1) is 12.0. The predicted octanol–water partition coefficient (Wildman–Crippen LogP) is 5.92. The fraction of sp³-hybridized carbons (Fsp3) is 0.826. The second kappa shape index (κ2) is 8.21. The van der Waals surface area contributed by atoms with E-state index in [1.807, 2.05) is 13.8 Å². The van der Waals surface area contributed by atoms with Crippen LogP contribution in [0.3, 0.4) is 0 Å². The smallest absolute Gasteiger partial charge is 0.184 e. The van der Waals surface area contributed by atoms with E-state index >= 15 is 0 Å². The second-order valence-corrected chi connectivity index (χ2v) is 14.2. The maximum Gasteiger partial charge on any atom is 0.184 e. The summed E-state index contributed by atoms with van der Waals surface area (Å²) in [4.78, 5) is 0. The lowest BCUT2D eigenvalue weighted by Gasteiger charge is -2.46. The van der Waals surface area contributed by atoms with Gasteiger partial charge in [-0.15, -0.1) is 0 Å². The second-order valence-electron chi connectivity index (χ2n) is 9.73. The van der Waals surface area contributed by atoms with Crippen molar-refractivity contribution >= 4 is 8.32 Å². The van der Waals surface area contributed by atoms with Crippen molar-refractivity contribution in [3.05, 3.63) is 11.6 Å². The van der Waals surface area contributed by atoms with E-state index in [1.54, 1.807) is 5.57 Å². The van der Waals surface area contributed by atoms with Crippen molar-refractivity contribution < 1.29 is 9.53 Å². The van der Waals surface area contributed by atoms with Gasteiger partial charge in [-0.2, -0.15) is 0 Å². The largest absolute Gasteiger partial charge is 0.414 e. The summed E-state index contributed by atoms with van der Waals surface area (Å²) in [5.41, 5.74) is 1.06. The van der Waals surface area contributed by atoms with Gasteiger partial charge in [0.25, 0.3) is 0 Å². The normalized spacial score (nSPS) is 30.2. The molecular formula is C23H40O2Si. The highest BCUT2D eigenvalue weighted by atomic mass is 28.4. The number of rotatable bonds is 6. The van der Waals surface area contributed by atoms with E-state index in [1.165, 1.54) is 19.3 Å². The molecule has 0 saturated heterocycles. The predicted molar refractivity (Wildman–Crippen MR) is 113 cm³/mol. The van der Waals surface area contributed by atoms with Gasteiger partial charge in [-0.05, 0) is 69.0 Å². The standard InChI is InChI=1S/C23H40O2Si/c1-8-23(24,9-2)17-10-12-18(3)19-14-15-20-21(25-26(5,6)7)13-11-16-22(19,20)4/h14,18,20-21,24H,8-9,11-13,15-16H2,1-7H3. The minimum atomic E-state index is -1.51. The van der Waals surface area contributed by atoms with E-state index in [4.69, 9.17) is 4.43 Å². The third-order valence-electron chi connectivity index (χ3n) is 6.64. The molecule has 1 saturated carbocycles. The van der Waals surface area contributed by atoms with Gasteiger partial charge >= 0.3 is 0 Å². The maximum atomic E-state index is 10.4. The highest BCUT2D eigenvalue weighted by molar-refractivity contribution is 6.69. The Morgan fingerprint density at radius 2 is 2.00 bits per heavy atom. The van der Waals surface area contributed by atoms with Crippen molar-refractivity contribution in [1.82, 2.24) is 0 Å². The summed E-state index contributed by atoms with van der Waals surface area (Å²) < 4.78 is 6.59. The summed E-state index contributed by atoms with van der Waals surface area (Å²) >= 11 is 0. The minimum absolute atomic E-state index is 0.273. The Bertz CT molecular complexity index is 573. The lowest BCUT2D eigenvalue weighted by atomic mass is 9.63. The summed E-state index contributed by atoms with van der Waals surface area (Å²) in [5, 5.41) is 10.4. The third-order valence-corrected chi connectivity index (χ3v) is 7.65. The molecule has 0 amide bonds. The van der Waals surface area contributed by atoms with Crippen molar-refractivity contribution in [3.63, 3.8) is 0 Å². The SMILES string of the molecule is CCC(O)(C#CCC(C)C1=CCC2C(O[Si](C)(C)C)CCCC12C)CC. The Hall–Kier alpha value is -0.563. The van der Waals surface area contributed by atoms with Crippen molar-refractivity contribution in [2.45, 2.75) is 104 Å². The summed E-state index contributed by atoms with van der Waals surface area (Å²) in [7, 11) is -1.51. The highest BCUT2D eigenvalue weighted by Crippen LogP contribution is 2.55. The van der Waals surface area contributed by atoms with Crippen LogP contribution in [0, 0.1) is 29.1 Å². The number of allylic oxidation sites excluding steroid dienone is 2. The Kier molecular flexibility index (Phi) is 6.86. The molecule has 1 N–H and O–H groups in total. The van der Waals surface area contributed by atoms with Gasteiger partial charge in [0.15, 0.2) is 8.32 Å². The van der Waals surface area contributed by atoms with E-state index < -0.39 is 13.9 Å². The molecule has 0 radical (unpaired) electrons. The van der Waals surface area contributed by atoms with Crippen LogP contribution in [0.1, 0.15) is 72.6 Å². The molecule has 0 spiro atoms. The Morgan fingerprint density at radius 3 is 2.58 bits per heavy atom. The van der Waals surface area contributed by atoms with Crippen LogP contribution in [-0.2, 0) is 4.43 Å². The number of aliphatic hydroxyl groups is 1. The fourth-order valence-electron chi connectivity index (χ4n) is 4.99. The van der Waals surface area contributed by atoms with Gasteiger partial charge in [-0.25, -0.2) is 0 Å². The zero-order chi connectivity index (χ0) is 19.6. The molecule has 1 fully saturated rings. The van der Waals surface area contributed by atoms with Gasteiger partial charge in [-0.3, -0.25) is 0 Å². The Labute approximate surface area is 162 Å². The Morgan fingerprint density at radius 1 is 1.35 bits per heavy atom. The van der Waals surface area contributed by atoms with Crippen LogP contribution in [0.2, 0.25) is 19.6 Å². The molecule has 2 aliphatic rings. The van der Waals surface area contributed by atoms with Crippen LogP contribution in [0.15, 0.2) is 11.6 Å². The topological polar surface area (TPSA) is 29.5 Å². The van der Waals surface area contributed by atoms with Gasteiger partial charge in [0.05, 0.1) is 0 Å². The van der Waals surface area contributed by atoms with E-state index in [-0.39, 0.29) is 5.41 Å². The molecule has 0 aliphatic heterocycles. The van der Waals surface area contributed by atoms with E-state index in [9.17, 15) is 5.11 Å². The number of hydrogen-bond acceptors (Lipinski definition) is 2. The molecule has 0 heterocycles. The zero-order valence-corrected chi connectivity index (χ0v) is 19.1. The van der Waals surface area contributed by atoms with Crippen LogP contribution in [0.5, 0.6) is 0 Å². The highest BCUT2D eigenvalue weighted by Gasteiger charge is 2.49. The van der Waals surface area contributed by atoms with Crippen LogP contribution in [0.4, 0.5) is 0 Å².